The molecule has 6 nitrogen and oxygen atoms in total. The molecule has 0 radical (unpaired) electrons. The smallest absolute Gasteiger partial charge is 0.254 e. The lowest BCUT2D eigenvalue weighted by Gasteiger charge is -2.12. The molecule has 5 rings (SSSR count). The third-order valence-electron chi connectivity index (χ3n) is 5.28. The monoisotopic (exact) mass is 375 g/mol. The number of fused-ring (bicyclic) bond motifs is 1. The zero-order valence-corrected chi connectivity index (χ0v) is 15.3. The third kappa shape index (κ3) is 2.89. The van der Waals surface area contributed by atoms with Gasteiger partial charge in [-0.05, 0) is 60.1 Å². The first-order chi connectivity index (χ1) is 13.6. The molecular weight excluding hydrogens is 357 g/mol. The first-order valence-electron chi connectivity index (χ1n) is 9.25. The molecule has 1 aliphatic carbocycles. The largest absolute Gasteiger partial charge is 0.348 e. The summed E-state index contributed by atoms with van der Waals surface area (Å²) < 4.78 is 14.0. The molecule has 2 aliphatic rings. The Hall–Kier alpha value is -3.35. The van der Waals surface area contributed by atoms with E-state index in [4.69, 9.17) is 0 Å². The van der Waals surface area contributed by atoms with E-state index in [0.717, 1.165) is 16.7 Å². The second kappa shape index (κ2) is 6.37. The number of aryl methyl sites for hydroxylation is 1. The van der Waals surface area contributed by atoms with Crippen molar-refractivity contribution < 1.29 is 9.18 Å². The molecule has 28 heavy (non-hydrogen) atoms. The van der Waals surface area contributed by atoms with Gasteiger partial charge in [0.15, 0.2) is 0 Å². The van der Waals surface area contributed by atoms with Crippen LogP contribution in [0.2, 0.25) is 0 Å². The molecule has 3 heterocycles. The van der Waals surface area contributed by atoms with Crippen LogP contribution in [0.5, 0.6) is 0 Å². The van der Waals surface area contributed by atoms with E-state index in [2.05, 4.69) is 25.6 Å². The number of amides is 1. The van der Waals surface area contributed by atoms with Gasteiger partial charge in [-0.1, -0.05) is 6.07 Å². The van der Waals surface area contributed by atoms with Gasteiger partial charge in [0.1, 0.15) is 11.6 Å². The SMILES string of the molecule is Cc1cc(Nc2ncc(C3CC3)cn2)ncc1-c1ccc(F)c2c1CNC2=O. The Morgan fingerprint density at radius 2 is 1.89 bits per heavy atom. The minimum absolute atomic E-state index is 0.128. The van der Waals surface area contributed by atoms with E-state index in [-0.39, 0.29) is 11.5 Å². The van der Waals surface area contributed by atoms with Crippen LogP contribution in [0.4, 0.5) is 16.2 Å². The second-order valence-electron chi connectivity index (χ2n) is 7.25. The number of hydrogen-bond acceptors (Lipinski definition) is 5. The van der Waals surface area contributed by atoms with Crippen LogP contribution in [0.15, 0.2) is 36.8 Å². The number of halogens is 1. The van der Waals surface area contributed by atoms with Crippen LogP contribution >= 0.6 is 0 Å². The van der Waals surface area contributed by atoms with Crippen LogP contribution in [0, 0.1) is 12.7 Å². The van der Waals surface area contributed by atoms with Crippen molar-refractivity contribution in [2.75, 3.05) is 5.32 Å². The summed E-state index contributed by atoms with van der Waals surface area (Å²) in [4.78, 5) is 25.1. The van der Waals surface area contributed by atoms with Crippen LogP contribution < -0.4 is 10.6 Å². The van der Waals surface area contributed by atoms with E-state index in [1.807, 2.05) is 25.4 Å². The van der Waals surface area contributed by atoms with Crippen molar-refractivity contribution in [3.05, 3.63) is 64.9 Å². The molecule has 0 atom stereocenters. The lowest BCUT2D eigenvalue weighted by Crippen LogP contribution is -2.13. The molecule has 1 fully saturated rings. The molecule has 2 aromatic heterocycles. The molecule has 1 aromatic carbocycles. The highest BCUT2D eigenvalue weighted by Gasteiger charge is 2.27. The number of aromatic nitrogens is 3. The topological polar surface area (TPSA) is 79.8 Å². The molecule has 1 saturated carbocycles. The highest BCUT2D eigenvalue weighted by Crippen LogP contribution is 2.39. The van der Waals surface area contributed by atoms with Gasteiger partial charge in [-0.15, -0.1) is 0 Å². The number of pyridine rings is 1. The number of carbonyl (C=O) groups excluding carboxylic acids is 1. The fourth-order valence-electron chi connectivity index (χ4n) is 3.61. The van der Waals surface area contributed by atoms with Crippen LogP contribution in [0.1, 0.15) is 45.8 Å². The molecule has 0 bridgehead atoms. The Morgan fingerprint density at radius 1 is 1.11 bits per heavy atom. The van der Waals surface area contributed by atoms with E-state index in [1.54, 1.807) is 12.3 Å². The number of nitrogens with zero attached hydrogens (tertiary/aromatic N) is 3. The molecule has 1 amide bonds. The van der Waals surface area contributed by atoms with E-state index in [9.17, 15) is 9.18 Å². The van der Waals surface area contributed by atoms with Crippen molar-refractivity contribution >= 4 is 17.7 Å². The summed E-state index contributed by atoms with van der Waals surface area (Å²) in [6, 6.07) is 4.93. The van der Waals surface area contributed by atoms with Gasteiger partial charge in [0, 0.05) is 30.7 Å². The summed E-state index contributed by atoms with van der Waals surface area (Å²) in [6.07, 6.45) is 7.88. The molecule has 3 aromatic rings. The Bertz CT molecular complexity index is 1090. The van der Waals surface area contributed by atoms with Crippen molar-refractivity contribution in [3.8, 4) is 11.1 Å². The zero-order valence-electron chi connectivity index (χ0n) is 15.3. The van der Waals surface area contributed by atoms with Gasteiger partial charge in [0.25, 0.3) is 5.91 Å². The number of nitrogens with one attached hydrogen (secondary N) is 2. The molecule has 0 spiro atoms. The molecule has 140 valence electrons. The predicted octanol–water partition coefficient (Wildman–Crippen LogP) is 3.85. The Labute approximate surface area is 161 Å². The molecular formula is C21H18FN5O. The van der Waals surface area contributed by atoms with E-state index in [1.165, 1.54) is 24.5 Å². The number of hydrogen-bond donors (Lipinski definition) is 2. The summed E-state index contributed by atoms with van der Waals surface area (Å²) in [6.45, 7) is 2.28. The first kappa shape index (κ1) is 16.8. The van der Waals surface area contributed by atoms with E-state index < -0.39 is 5.82 Å². The number of carbonyl (C=O) groups is 1. The normalized spacial score (nSPS) is 15.3. The number of benzene rings is 1. The zero-order chi connectivity index (χ0) is 19.3. The maximum absolute atomic E-state index is 14.0. The molecule has 2 N–H and O–H groups in total. The minimum Gasteiger partial charge on any atom is -0.348 e. The van der Waals surface area contributed by atoms with Gasteiger partial charge in [0.05, 0.1) is 5.56 Å². The molecule has 7 heteroatoms. The van der Waals surface area contributed by atoms with Crippen LogP contribution in [-0.4, -0.2) is 20.9 Å². The van der Waals surface area contributed by atoms with Crippen molar-refractivity contribution in [1.82, 2.24) is 20.3 Å². The second-order valence-corrected chi connectivity index (χ2v) is 7.25. The highest BCUT2D eigenvalue weighted by atomic mass is 19.1. The van der Waals surface area contributed by atoms with Crippen molar-refractivity contribution in [3.63, 3.8) is 0 Å². The van der Waals surface area contributed by atoms with Crippen molar-refractivity contribution in [1.29, 1.82) is 0 Å². The number of rotatable bonds is 4. The molecule has 0 saturated heterocycles. The van der Waals surface area contributed by atoms with Gasteiger partial charge in [0.2, 0.25) is 5.95 Å². The summed E-state index contributed by atoms with van der Waals surface area (Å²) in [5.41, 5.74) is 4.62. The Kier molecular flexibility index (Phi) is 3.82. The minimum atomic E-state index is -0.496. The van der Waals surface area contributed by atoms with Crippen LogP contribution in [-0.2, 0) is 6.54 Å². The van der Waals surface area contributed by atoms with Gasteiger partial charge in [-0.2, -0.15) is 0 Å². The fraction of sp³-hybridized carbons (Fsp3) is 0.238. The van der Waals surface area contributed by atoms with Gasteiger partial charge >= 0.3 is 0 Å². The Balaban J connectivity index is 1.43. The lowest BCUT2D eigenvalue weighted by atomic mass is 9.95. The third-order valence-corrected chi connectivity index (χ3v) is 5.28. The average molecular weight is 375 g/mol. The van der Waals surface area contributed by atoms with Crippen LogP contribution in [0.3, 0.4) is 0 Å². The highest BCUT2D eigenvalue weighted by molar-refractivity contribution is 6.00. The number of anilines is 2. The summed E-state index contributed by atoms with van der Waals surface area (Å²) >= 11 is 0. The summed E-state index contributed by atoms with van der Waals surface area (Å²) in [7, 11) is 0. The summed E-state index contributed by atoms with van der Waals surface area (Å²) in [5, 5.41) is 5.81. The maximum atomic E-state index is 14.0. The van der Waals surface area contributed by atoms with Crippen molar-refractivity contribution in [2.45, 2.75) is 32.2 Å². The quantitative estimate of drug-likeness (QED) is 0.724. The Morgan fingerprint density at radius 3 is 2.61 bits per heavy atom. The fourth-order valence-corrected chi connectivity index (χ4v) is 3.61. The lowest BCUT2D eigenvalue weighted by molar-refractivity contribution is 0.0962. The van der Waals surface area contributed by atoms with Crippen molar-refractivity contribution in [2.24, 2.45) is 0 Å². The van der Waals surface area contributed by atoms with Gasteiger partial charge < -0.3 is 10.6 Å². The van der Waals surface area contributed by atoms with Gasteiger partial charge in [-0.3, -0.25) is 4.79 Å². The average Bonchev–Trinajstić information content (AvgIpc) is 3.46. The summed E-state index contributed by atoms with van der Waals surface area (Å²) in [5.74, 6) is 0.886. The maximum Gasteiger partial charge on any atom is 0.254 e. The van der Waals surface area contributed by atoms with Crippen LogP contribution in [0.25, 0.3) is 11.1 Å². The van der Waals surface area contributed by atoms with Gasteiger partial charge in [-0.25, -0.2) is 19.3 Å². The molecule has 1 aliphatic heterocycles. The molecule has 0 unspecified atom stereocenters. The predicted molar refractivity (Wildman–Crippen MR) is 103 cm³/mol. The van der Waals surface area contributed by atoms with E-state index >= 15 is 0 Å². The van der Waals surface area contributed by atoms with E-state index in [0.29, 0.717) is 29.8 Å². The standard InChI is InChI=1S/C21H18FN5O/c1-11-6-18(27-21-25-7-13(8-26-21)12-2-3-12)23-9-15(11)14-4-5-17(22)19-16(14)10-24-20(19)28/h4-9,12H,2-3,10H2,1H3,(H,24,28)(H,23,25,26,27). The first-order valence-corrected chi connectivity index (χ1v) is 9.25.